The Morgan fingerprint density at radius 2 is 2.29 bits per heavy atom. The number of aromatic nitrogens is 1. The van der Waals surface area contributed by atoms with E-state index in [0.29, 0.717) is 6.42 Å². The zero-order valence-corrected chi connectivity index (χ0v) is 8.95. The summed E-state index contributed by atoms with van der Waals surface area (Å²) >= 11 is 3.45. The summed E-state index contributed by atoms with van der Waals surface area (Å²) in [5, 5.41) is 9.66. The Kier molecular flexibility index (Phi) is 2.47. The SMILES string of the molecule is N#CCc1cc(Br)c2ncccc2c1. The summed E-state index contributed by atoms with van der Waals surface area (Å²) in [5.41, 5.74) is 1.95. The van der Waals surface area contributed by atoms with Gasteiger partial charge in [-0.05, 0) is 39.7 Å². The van der Waals surface area contributed by atoms with Gasteiger partial charge in [0.05, 0.1) is 18.0 Å². The molecule has 2 rings (SSSR count). The third-order valence-electron chi connectivity index (χ3n) is 2.00. The van der Waals surface area contributed by atoms with E-state index in [4.69, 9.17) is 5.26 Å². The first-order valence-corrected chi connectivity index (χ1v) is 5.00. The van der Waals surface area contributed by atoms with Crippen LogP contribution in [0.15, 0.2) is 34.9 Å². The molecule has 0 N–H and O–H groups in total. The lowest BCUT2D eigenvalue weighted by atomic mass is 10.1. The third-order valence-corrected chi connectivity index (χ3v) is 2.61. The van der Waals surface area contributed by atoms with Crippen LogP contribution in [0, 0.1) is 11.3 Å². The molecule has 1 heterocycles. The van der Waals surface area contributed by atoms with Crippen LogP contribution in [0.2, 0.25) is 0 Å². The number of nitriles is 1. The number of halogens is 1. The average Bonchev–Trinajstić information content (AvgIpc) is 2.18. The molecule has 2 aromatic rings. The molecule has 0 saturated carbocycles. The van der Waals surface area contributed by atoms with E-state index in [1.54, 1.807) is 6.20 Å². The highest BCUT2D eigenvalue weighted by Gasteiger charge is 2.01. The first-order chi connectivity index (χ1) is 6.81. The molecule has 1 aromatic heterocycles. The number of rotatable bonds is 1. The first-order valence-electron chi connectivity index (χ1n) is 4.21. The quantitative estimate of drug-likeness (QED) is 0.776. The van der Waals surface area contributed by atoms with E-state index < -0.39 is 0 Å². The molecule has 0 unspecified atom stereocenters. The number of nitrogens with zero attached hydrogens (tertiary/aromatic N) is 2. The van der Waals surface area contributed by atoms with Crippen LogP contribution in [0.5, 0.6) is 0 Å². The van der Waals surface area contributed by atoms with E-state index >= 15 is 0 Å². The van der Waals surface area contributed by atoms with Gasteiger partial charge >= 0.3 is 0 Å². The van der Waals surface area contributed by atoms with Crippen molar-refractivity contribution in [2.24, 2.45) is 0 Å². The second kappa shape index (κ2) is 3.77. The maximum atomic E-state index is 8.60. The molecule has 0 aliphatic heterocycles. The highest BCUT2D eigenvalue weighted by Crippen LogP contribution is 2.23. The first kappa shape index (κ1) is 9.17. The molecule has 68 valence electrons. The van der Waals surface area contributed by atoms with Crippen molar-refractivity contribution in [1.82, 2.24) is 4.98 Å². The van der Waals surface area contributed by atoms with Crippen molar-refractivity contribution in [2.45, 2.75) is 6.42 Å². The normalized spacial score (nSPS) is 10.0. The van der Waals surface area contributed by atoms with Gasteiger partial charge in [0.1, 0.15) is 0 Å². The molecule has 0 aliphatic rings. The van der Waals surface area contributed by atoms with Crippen molar-refractivity contribution in [1.29, 1.82) is 5.26 Å². The standard InChI is InChI=1S/C11H7BrN2/c12-10-7-8(3-4-13)6-9-2-1-5-14-11(9)10/h1-2,5-7H,3H2. The second-order valence-electron chi connectivity index (χ2n) is 2.99. The van der Waals surface area contributed by atoms with Gasteiger partial charge in [-0.1, -0.05) is 6.07 Å². The molecule has 0 amide bonds. The van der Waals surface area contributed by atoms with Crippen LogP contribution in [0.4, 0.5) is 0 Å². The molecule has 0 saturated heterocycles. The molecular formula is C11H7BrN2. The molecule has 0 spiro atoms. The van der Waals surface area contributed by atoms with Crippen molar-refractivity contribution in [2.75, 3.05) is 0 Å². The minimum atomic E-state index is 0.434. The van der Waals surface area contributed by atoms with Crippen LogP contribution in [0.3, 0.4) is 0 Å². The van der Waals surface area contributed by atoms with E-state index in [0.717, 1.165) is 20.9 Å². The number of fused-ring (bicyclic) bond motifs is 1. The summed E-state index contributed by atoms with van der Waals surface area (Å²) < 4.78 is 0.945. The zero-order chi connectivity index (χ0) is 9.97. The van der Waals surface area contributed by atoms with E-state index in [2.05, 4.69) is 27.0 Å². The van der Waals surface area contributed by atoms with E-state index in [9.17, 15) is 0 Å². The summed E-state index contributed by atoms with van der Waals surface area (Å²) in [7, 11) is 0. The van der Waals surface area contributed by atoms with Gasteiger partial charge in [-0.15, -0.1) is 0 Å². The Balaban J connectivity index is 2.67. The molecule has 0 bridgehead atoms. The fourth-order valence-corrected chi connectivity index (χ4v) is 2.02. The monoisotopic (exact) mass is 246 g/mol. The number of hydrogen-bond donors (Lipinski definition) is 0. The van der Waals surface area contributed by atoms with Crippen molar-refractivity contribution < 1.29 is 0 Å². The number of benzene rings is 1. The predicted molar refractivity (Wildman–Crippen MR) is 58.8 cm³/mol. The topological polar surface area (TPSA) is 36.7 Å². The molecule has 0 aliphatic carbocycles. The van der Waals surface area contributed by atoms with Crippen LogP contribution in [0.25, 0.3) is 10.9 Å². The summed E-state index contributed by atoms with van der Waals surface area (Å²) in [6.45, 7) is 0. The van der Waals surface area contributed by atoms with Gasteiger partial charge in [-0.2, -0.15) is 5.26 Å². The Morgan fingerprint density at radius 1 is 1.43 bits per heavy atom. The molecule has 0 atom stereocenters. The van der Waals surface area contributed by atoms with E-state index in [1.165, 1.54) is 0 Å². The fraction of sp³-hybridized carbons (Fsp3) is 0.0909. The minimum absolute atomic E-state index is 0.434. The lowest BCUT2D eigenvalue weighted by molar-refractivity contribution is 1.26. The van der Waals surface area contributed by atoms with Gasteiger partial charge in [0.15, 0.2) is 0 Å². The smallest absolute Gasteiger partial charge is 0.0844 e. The van der Waals surface area contributed by atoms with Crippen LogP contribution >= 0.6 is 15.9 Å². The van der Waals surface area contributed by atoms with Gasteiger partial charge in [0, 0.05) is 16.1 Å². The Bertz CT molecular complexity index is 514. The van der Waals surface area contributed by atoms with Gasteiger partial charge in [0.2, 0.25) is 0 Å². The van der Waals surface area contributed by atoms with Crippen LogP contribution in [-0.4, -0.2) is 4.98 Å². The van der Waals surface area contributed by atoms with Gasteiger partial charge in [-0.3, -0.25) is 4.98 Å². The summed E-state index contributed by atoms with van der Waals surface area (Å²) in [5.74, 6) is 0. The van der Waals surface area contributed by atoms with Crippen LogP contribution in [0.1, 0.15) is 5.56 Å². The fourth-order valence-electron chi connectivity index (χ4n) is 1.40. The lowest BCUT2D eigenvalue weighted by Gasteiger charge is -2.01. The maximum absolute atomic E-state index is 8.60. The summed E-state index contributed by atoms with van der Waals surface area (Å²) in [6.07, 6.45) is 2.19. The molecule has 14 heavy (non-hydrogen) atoms. The van der Waals surface area contributed by atoms with Crippen molar-refractivity contribution >= 4 is 26.8 Å². The lowest BCUT2D eigenvalue weighted by Crippen LogP contribution is -1.85. The van der Waals surface area contributed by atoms with E-state index in [1.807, 2.05) is 24.3 Å². The molecule has 0 radical (unpaired) electrons. The Morgan fingerprint density at radius 3 is 3.07 bits per heavy atom. The van der Waals surface area contributed by atoms with Crippen LogP contribution in [-0.2, 0) is 6.42 Å². The zero-order valence-electron chi connectivity index (χ0n) is 7.37. The van der Waals surface area contributed by atoms with Crippen molar-refractivity contribution in [3.05, 3.63) is 40.5 Å². The highest BCUT2D eigenvalue weighted by atomic mass is 79.9. The van der Waals surface area contributed by atoms with Gasteiger partial charge < -0.3 is 0 Å². The number of hydrogen-bond acceptors (Lipinski definition) is 2. The summed E-state index contributed by atoms with van der Waals surface area (Å²) in [4.78, 5) is 4.25. The summed E-state index contributed by atoms with van der Waals surface area (Å²) in [6, 6.07) is 9.96. The maximum Gasteiger partial charge on any atom is 0.0844 e. The predicted octanol–water partition coefficient (Wildman–Crippen LogP) is 3.06. The van der Waals surface area contributed by atoms with Gasteiger partial charge in [-0.25, -0.2) is 0 Å². The largest absolute Gasteiger partial charge is 0.255 e. The van der Waals surface area contributed by atoms with Crippen molar-refractivity contribution in [3.63, 3.8) is 0 Å². The molecular weight excluding hydrogens is 240 g/mol. The average molecular weight is 247 g/mol. The molecule has 2 nitrogen and oxygen atoms in total. The Hall–Kier alpha value is -1.40. The molecule has 0 fully saturated rings. The van der Waals surface area contributed by atoms with E-state index in [-0.39, 0.29) is 0 Å². The molecule has 1 aromatic carbocycles. The Labute approximate surface area is 90.3 Å². The van der Waals surface area contributed by atoms with Crippen molar-refractivity contribution in [3.8, 4) is 6.07 Å². The highest BCUT2D eigenvalue weighted by molar-refractivity contribution is 9.10. The molecule has 3 heteroatoms. The minimum Gasteiger partial charge on any atom is -0.255 e. The third kappa shape index (κ3) is 1.61. The van der Waals surface area contributed by atoms with Gasteiger partial charge in [0.25, 0.3) is 0 Å². The second-order valence-corrected chi connectivity index (χ2v) is 3.84. The number of pyridine rings is 1. The van der Waals surface area contributed by atoms with Crippen LogP contribution < -0.4 is 0 Å².